The molecule has 4 nitrogen and oxygen atoms in total. The fourth-order valence-electron chi connectivity index (χ4n) is 10.0. The summed E-state index contributed by atoms with van der Waals surface area (Å²) in [6.07, 6.45) is 1.91. The summed E-state index contributed by atoms with van der Waals surface area (Å²) in [5, 5.41) is 12.8. The summed E-state index contributed by atoms with van der Waals surface area (Å²) in [5.74, 6) is 0.900. The van der Waals surface area contributed by atoms with E-state index >= 15 is 0 Å². The minimum atomic E-state index is -0.360. The van der Waals surface area contributed by atoms with Gasteiger partial charge in [0.05, 0.1) is 28.0 Å². The molecule has 0 spiro atoms. The first-order chi connectivity index (χ1) is 34.9. The van der Waals surface area contributed by atoms with E-state index in [4.69, 9.17) is 9.97 Å². The molecule has 0 aliphatic rings. The molecule has 0 unspecified atom stereocenters. The second-order valence-electron chi connectivity index (χ2n) is 20.8. The van der Waals surface area contributed by atoms with Crippen LogP contribution in [0.1, 0.15) is 52.7 Å². The number of phenols is 1. The van der Waals surface area contributed by atoms with E-state index in [0.717, 1.165) is 100 Å². The Morgan fingerprint density at radius 3 is 1.43 bits per heavy atom. The second-order valence-corrected chi connectivity index (χ2v) is 20.8. The van der Waals surface area contributed by atoms with E-state index in [1.54, 1.807) is 0 Å². The third-order valence-electron chi connectivity index (χ3n) is 13.9. The average molecular weight is 932 g/mol. The summed E-state index contributed by atoms with van der Waals surface area (Å²) in [7, 11) is 0. The van der Waals surface area contributed by atoms with Crippen LogP contribution in [-0.2, 0) is 10.8 Å². The van der Waals surface area contributed by atoms with Crippen molar-refractivity contribution in [3.8, 4) is 101 Å². The highest BCUT2D eigenvalue weighted by molar-refractivity contribution is 6.00. The molecule has 350 valence electrons. The summed E-state index contributed by atoms with van der Waals surface area (Å²) in [6, 6.07) is 79.5. The Hall–Kier alpha value is -8.60. The molecule has 0 bridgehead atoms. The molecular formula is C68H57N3O. The first kappa shape index (κ1) is 45.8. The molecule has 11 rings (SSSR count). The van der Waals surface area contributed by atoms with Crippen molar-refractivity contribution in [3.63, 3.8) is 0 Å². The van der Waals surface area contributed by atoms with E-state index < -0.39 is 0 Å². The SMILES string of the molecule is CC(C)(C)c1cc(-c2nc3c(-c4cc(-c5ccc(-c6ccccc6)cc5)cc(-c5cc(-c6ccccc6)ccn5)c4)cccc3n2-c2c(-c3ccccc3)cccc2-c2ccccc2)c(O)c(C(C)(C)C)c1. The average Bonchev–Trinajstić information content (AvgIpc) is 3.80. The second kappa shape index (κ2) is 18.6. The summed E-state index contributed by atoms with van der Waals surface area (Å²) in [5.41, 5.74) is 19.7. The smallest absolute Gasteiger partial charge is 0.149 e. The number of para-hydroxylation sites is 2. The van der Waals surface area contributed by atoms with Gasteiger partial charge in [-0.05, 0) is 109 Å². The number of imidazole rings is 1. The minimum Gasteiger partial charge on any atom is -0.507 e. The van der Waals surface area contributed by atoms with E-state index in [2.05, 4.69) is 264 Å². The Morgan fingerprint density at radius 2 is 0.861 bits per heavy atom. The van der Waals surface area contributed by atoms with Gasteiger partial charge < -0.3 is 5.11 Å². The van der Waals surface area contributed by atoms with Crippen LogP contribution in [0.15, 0.2) is 231 Å². The molecule has 0 fully saturated rings. The van der Waals surface area contributed by atoms with Gasteiger partial charge in [-0.1, -0.05) is 224 Å². The van der Waals surface area contributed by atoms with Crippen LogP contribution in [0.3, 0.4) is 0 Å². The van der Waals surface area contributed by atoms with Crippen molar-refractivity contribution in [2.75, 3.05) is 0 Å². The van der Waals surface area contributed by atoms with Gasteiger partial charge in [-0.25, -0.2) is 4.98 Å². The number of pyridine rings is 1. The Balaban J connectivity index is 1.22. The van der Waals surface area contributed by atoms with Gasteiger partial charge in [0.2, 0.25) is 0 Å². The van der Waals surface area contributed by atoms with Gasteiger partial charge in [0.25, 0.3) is 0 Å². The van der Waals surface area contributed by atoms with E-state index in [1.807, 2.05) is 12.3 Å². The standard InChI is InChI=1S/C68H57N3O/c1-67(2,3)55-43-59(65(72)60(44-55)68(4,5)6)66-70-63-56(29-20-32-62(63)71(66)64-57(49-25-15-9-16-26-49)30-19-31-58(64)50-27-17-10-18-28-50)53-39-52(48-35-33-47(34-36-48)45-21-11-7-12-22-45)40-54(41-53)61-42-51(37-38-69-61)46-23-13-8-14-24-46/h7-44,72H,1-6H3. The van der Waals surface area contributed by atoms with Crippen molar-refractivity contribution in [2.45, 2.75) is 52.4 Å². The van der Waals surface area contributed by atoms with E-state index in [0.29, 0.717) is 11.4 Å². The summed E-state index contributed by atoms with van der Waals surface area (Å²) >= 11 is 0. The lowest BCUT2D eigenvalue weighted by molar-refractivity contribution is 0.446. The topological polar surface area (TPSA) is 50.9 Å². The zero-order valence-corrected chi connectivity index (χ0v) is 41.7. The molecule has 0 radical (unpaired) electrons. The zero-order chi connectivity index (χ0) is 49.6. The lowest BCUT2D eigenvalue weighted by atomic mass is 9.79. The molecule has 2 aromatic heterocycles. The summed E-state index contributed by atoms with van der Waals surface area (Å²) in [6.45, 7) is 13.2. The van der Waals surface area contributed by atoms with Crippen molar-refractivity contribution >= 4 is 11.0 Å². The number of hydrogen-bond donors (Lipinski definition) is 1. The van der Waals surface area contributed by atoms with Crippen LogP contribution in [0, 0.1) is 0 Å². The van der Waals surface area contributed by atoms with Crippen LogP contribution in [0.5, 0.6) is 5.75 Å². The molecule has 0 amide bonds. The number of aromatic nitrogens is 3. The normalized spacial score (nSPS) is 11.8. The Kier molecular flexibility index (Phi) is 11.9. The molecule has 0 aliphatic heterocycles. The maximum Gasteiger partial charge on any atom is 0.149 e. The van der Waals surface area contributed by atoms with E-state index in [1.165, 1.54) is 5.56 Å². The lowest BCUT2D eigenvalue weighted by Crippen LogP contribution is -2.17. The predicted octanol–water partition coefficient (Wildman–Crippen LogP) is 18.1. The summed E-state index contributed by atoms with van der Waals surface area (Å²) < 4.78 is 2.31. The number of rotatable bonds is 9. The molecule has 9 aromatic carbocycles. The molecular weight excluding hydrogens is 875 g/mol. The predicted molar refractivity (Wildman–Crippen MR) is 301 cm³/mol. The number of hydrogen-bond acceptors (Lipinski definition) is 3. The van der Waals surface area contributed by atoms with Crippen LogP contribution in [0.2, 0.25) is 0 Å². The number of nitrogens with zero attached hydrogens (tertiary/aromatic N) is 3. The zero-order valence-electron chi connectivity index (χ0n) is 41.7. The van der Waals surface area contributed by atoms with Gasteiger partial charge in [-0.15, -0.1) is 0 Å². The van der Waals surface area contributed by atoms with Gasteiger partial charge in [0.15, 0.2) is 0 Å². The van der Waals surface area contributed by atoms with Gasteiger partial charge in [0.1, 0.15) is 11.6 Å². The van der Waals surface area contributed by atoms with E-state index in [-0.39, 0.29) is 16.6 Å². The molecule has 0 saturated heterocycles. The van der Waals surface area contributed by atoms with Crippen molar-refractivity contribution < 1.29 is 5.11 Å². The number of benzene rings is 9. The fourth-order valence-corrected chi connectivity index (χ4v) is 10.0. The van der Waals surface area contributed by atoms with Gasteiger partial charge in [0, 0.05) is 34.0 Å². The van der Waals surface area contributed by atoms with Crippen molar-refractivity contribution in [2.24, 2.45) is 0 Å². The fraction of sp³-hybridized carbons (Fsp3) is 0.118. The Labute approximate surface area is 423 Å². The Morgan fingerprint density at radius 1 is 0.375 bits per heavy atom. The van der Waals surface area contributed by atoms with Crippen LogP contribution in [0.4, 0.5) is 0 Å². The number of fused-ring (bicyclic) bond motifs is 1. The molecule has 72 heavy (non-hydrogen) atoms. The first-order valence-electron chi connectivity index (χ1n) is 24.9. The van der Waals surface area contributed by atoms with E-state index in [9.17, 15) is 5.11 Å². The van der Waals surface area contributed by atoms with Crippen molar-refractivity contribution in [1.29, 1.82) is 0 Å². The number of aromatic hydroxyl groups is 1. The van der Waals surface area contributed by atoms with Gasteiger partial charge in [-0.3, -0.25) is 9.55 Å². The summed E-state index contributed by atoms with van der Waals surface area (Å²) in [4.78, 5) is 10.8. The van der Waals surface area contributed by atoms with Crippen LogP contribution < -0.4 is 0 Å². The molecule has 0 aliphatic carbocycles. The molecule has 1 N–H and O–H groups in total. The molecule has 0 saturated carbocycles. The van der Waals surface area contributed by atoms with Gasteiger partial charge >= 0.3 is 0 Å². The third kappa shape index (κ3) is 8.82. The molecule has 0 atom stereocenters. The molecule has 4 heteroatoms. The first-order valence-corrected chi connectivity index (χ1v) is 24.9. The van der Waals surface area contributed by atoms with Crippen LogP contribution >= 0.6 is 0 Å². The number of phenolic OH excluding ortho intramolecular Hbond substituents is 1. The maximum atomic E-state index is 12.8. The van der Waals surface area contributed by atoms with Crippen LogP contribution in [-0.4, -0.2) is 19.6 Å². The van der Waals surface area contributed by atoms with Crippen molar-refractivity contribution in [3.05, 3.63) is 242 Å². The molecule has 2 heterocycles. The van der Waals surface area contributed by atoms with Crippen LogP contribution in [0.25, 0.3) is 106 Å². The third-order valence-corrected chi connectivity index (χ3v) is 13.9. The van der Waals surface area contributed by atoms with Gasteiger partial charge in [-0.2, -0.15) is 0 Å². The minimum absolute atomic E-state index is 0.219. The highest BCUT2D eigenvalue weighted by atomic mass is 16.3. The highest BCUT2D eigenvalue weighted by Crippen LogP contribution is 2.47. The lowest BCUT2D eigenvalue weighted by Gasteiger charge is -2.28. The highest BCUT2D eigenvalue weighted by Gasteiger charge is 2.30. The quantitative estimate of drug-likeness (QED) is 0.157. The largest absolute Gasteiger partial charge is 0.507 e. The van der Waals surface area contributed by atoms with Crippen molar-refractivity contribution in [1.82, 2.24) is 14.5 Å². The Bertz CT molecular complexity index is 3670. The maximum absolute atomic E-state index is 12.8. The molecule has 11 aromatic rings. The monoisotopic (exact) mass is 931 g/mol.